The molecule has 1 aromatic heterocycles. The zero-order chi connectivity index (χ0) is 14.7. The van der Waals surface area contributed by atoms with Crippen molar-refractivity contribution in [3.63, 3.8) is 0 Å². The summed E-state index contributed by atoms with van der Waals surface area (Å²) in [6, 6.07) is 1.97. The van der Waals surface area contributed by atoms with Gasteiger partial charge in [-0.25, -0.2) is 0 Å². The predicted octanol–water partition coefficient (Wildman–Crippen LogP) is 0.903. The van der Waals surface area contributed by atoms with Crippen molar-refractivity contribution < 1.29 is 14.7 Å². The highest BCUT2D eigenvalue weighted by Gasteiger charge is 2.28. The average molecular weight is 296 g/mol. The lowest BCUT2D eigenvalue weighted by atomic mass is 10.0. The van der Waals surface area contributed by atoms with Gasteiger partial charge in [0.05, 0.1) is 5.92 Å². The lowest BCUT2D eigenvalue weighted by molar-refractivity contribution is -0.145. The van der Waals surface area contributed by atoms with Crippen molar-refractivity contribution in [3.8, 4) is 0 Å². The summed E-state index contributed by atoms with van der Waals surface area (Å²) in [5.41, 5.74) is 1.04. The summed E-state index contributed by atoms with van der Waals surface area (Å²) in [6.07, 6.45) is -0.970. The Kier molecular flexibility index (Phi) is 4.77. The highest BCUT2D eigenvalue weighted by atomic mass is 32.1. The van der Waals surface area contributed by atoms with Crippen LogP contribution < -0.4 is 0 Å². The predicted molar refractivity (Wildman–Crippen MR) is 77.6 cm³/mol. The minimum atomic E-state index is -0.970. The van der Waals surface area contributed by atoms with Gasteiger partial charge in [-0.15, -0.1) is 0 Å². The molecule has 1 N–H and O–H groups in total. The number of aliphatic hydroxyl groups excluding tert-OH is 1. The van der Waals surface area contributed by atoms with E-state index in [1.54, 1.807) is 21.1 Å². The van der Waals surface area contributed by atoms with Crippen molar-refractivity contribution in [2.24, 2.45) is 0 Å². The van der Waals surface area contributed by atoms with E-state index in [-0.39, 0.29) is 17.7 Å². The summed E-state index contributed by atoms with van der Waals surface area (Å²) in [7, 11) is 0. The van der Waals surface area contributed by atoms with Gasteiger partial charge < -0.3 is 14.9 Å². The zero-order valence-electron chi connectivity index (χ0n) is 11.8. The van der Waals surface area contributed by atoms with E-state index in [0.717, 1.165) is 5.56 Å². The standard InChI is InChI=1S/C14H20N2O3S/c1-10(12-3-8-20-9-12)13(18)15-4-6-16(7-5-15)14(19)11(2)17/h3,8-11,17H,4-7H2,1-2H3. The number of aliphatic hydroxyl groups is 1. The van der Waals surface area contributed by atoms with E-state index in [1.807, 2.05) is 23.8 Å². The first-order valence-corrected chi connectivity index (χ1v) is 7.72. The third-order valence-corrected chi connectivity index (χ3v) is 4.38. The fraction of sp³-hybridized carbons (Fsp3) is 0.571. The molecular weight excluding hydrogens is 276 g/mol. The summed E-state index contributed by atoms with van der Waals surface area (Å²) < 4.78 is 0. The Hall–Kier alpha value is -1.40. The lowest BCUT2D eigenvalue weighted by Crippen LogP contribution is -2.53. The molecule has 20 heavy (non-hydrogen) atoms. The van der Waals surface area contributed by atoms with Crippen molar-refractivity contribution in [2.75, 3.05) is 26.2 Å². The molecule has 0 bridgehead atoms. The Balaban J connectivity index is 1.90. The fourth-order valence-electron chi connectivity index (χ4n) is 2.35. The first kappa shape index (κ1) is 15.0. The number of piperazine rings is 1. The maximum absolute atomic E-state index is 12.4. The van der Waals surface area contributed by atoms with Crippen molar-refractivity contribution in [2.45, 2.75) is 25.9 Å². The smallest absolute Gasteiger partial charge is 0.251 e. The molecule has 0 aliphatic carbocycles. The summed E-state index contributed by atoms with van der Waals surface area (Å²) in [4.78, 5) is 27.5. The molecule has 0 radical (unpaired) electrons. The molecule has 2 heterocycles. The second-order valence-electron chi connectivity index (χ2n) is 5.10. The molecule has 0 aromatic carbocycles. The molecule has 0 saturated carbocycles. The second kappa shape index (κ2) is 6.37. The molecule has 2 atom stereocenters. The Morgan fingerprint density at radius 1 is 1.15 bits per heavy atom. The summed E-state index contributed by atoms with van der Waals surface area (Å²) >= 11 is 1.59. The highest BCUT2D eigenvalue weighted by Crippen LogP contribution is 2.21. The Morgan fingerprint density at radius 2 is 1.70 bits per heavy atom. The SMILES string of the molecule is CC(O)C(=O)N1CCN(C(=O)C(C)c2ccsc2)CC1. The molecule has 5 nitrogen and oxygen atoms in total. The van der Waals surface area contributed by atoms with Gasteiger partial charge in [-0.1, -0.05) is 0 Å². The van der Waals surface area contributed by atoms with E-state index in [2.05, 4.69) is 0 Å². The monoisotopic (exact) mass is 296 g/mol. The van der Waals surface area contributed by atoms with E-state index in [0.29, 0.717) is 26.2 Å². The van der Waals surface area contributed by atoms with E-state index in [4.69, 9.17) is 0 Å². The van der Waals surface area contributed by atoms with Gasteiger partial charge in [-0.05, 0) is 36.2 Å². The van der Waals surface area contributed by atoms with E-state index in [1.165, 1.54) is 6.92 Å². The molecule has 2 unspecified atom stereocenters. The van der Waals surface area contributed by atoms with Gasteiger partial charge in [-0.2, -0.15) is 11.3 Å². The number of hydrogen-bond donors (Lipinski definition) is 1. The fourth-order valence-corrected chi connectivity index (χ4v) is 3.10. The lowest BCUT2D eigenvalue weighted by Gasteiger charge is -2.36. The minimum Gasteiger partial charge on any atom is -0.384 e. The summed E-state index contributed by atoms with van der Waals surface area (Å²) in [5, 5.41) is 13.3. The third-order valence-electron chi connectivity index (χ3n) is 3.67. The average Bonchev–Trinajstić information content (AvgIpc) is 2.99. The van der Waals surface area contributed by atoms with Crippen LogP contribution in [0.1, 0.15) is 25.3 Å². The molecule has 1 saturated heterocycles. The van der Waals surface area contributed by atoms with Gasteiger partial charge in [-0.3, -0.25) is 9.59 Å². The number of thiophene rings is 1. The molecule has 1 aromatic rings. The number of carbonyl (C=O) groups excluding carboxylic acids is 2. The van der Waals surface area contributed by atoms with Crippen LogP contribution in [0.15, 0.2) is 16.8 Å². The van der Waals surface area contributed by atoms with Gasteiger partial charge in [0.25, 0.3) is 5.91 Å². The first-order chi connectivity index (χ1) is 9.50. The Labute approximate surface area is 122 Å². The first-order valence-electron chi connectivity index (χ1n) is 6.78. The minimum absolute atomic E-state index is 0.104. The van der Waals surface area contributed by atoms with Crippen molar-refractivity contribution >= 4 is 23.2 Å². The quantitative estimate of drug-likeness (QED) is 0.901. The van der Waals surface area contributed by atoms with Crippen LogP contribution in [0.2, 0.25) is 0 Å². The third kappa shape index (κ3) is 3.19. The van der Waals surface area contributed by atoms with Gasteiger partial charge >= 0.3 is 0 Å². The topological polar surface area (TPSA) is 60.9 Å². The van der Waals surface area contributed by atoms with Crippen molar-refractivity contribution in [1.29, 1.82) is 0 Å². The van der Waals surface area contributed by atoms with Crippen LogP contribution in [0.4, 0.5) is 0 Å². The van der Waals surface area contributed by atoms with Crippen LogP contribution in [0.5, 0.6) is 0 Å². The van der Waals surface area contributed by atoms with Gasteiger partial charge in [0.2, 0.25) is 5.91 Å². The van der Waals surface area contributed by atoms with Gasteiger partial charge in [0.1, 0.15) is 6.10 Å². The van der Waals surface area contributed by atoms with Crippen LogP contribution >= 0.6 is 11.3 Å². The number of hydrogen-bond acceptors (Lipinski definition) is 4. The molecule has 1 aliphatic heterocycles. The zero-order valence-corrected chi connectivity index (χ0v) is 12.6. The molecule has 6 heteroatoms. The van der Waals surface area contributed by atoms with Crippen LogP contribution in [-0.2, 0) is 9.59 Å². The van der Waals surface area contributed by atoms with Crippen molar-refractivity contribution in [3.05, 3.63) is 22.4 Å². The largest absolute Gasteiger partial charge is 0.384 e. The maximum Gasteiger partial charge on any atom is 0.251 e. The molecule has 2 rings (SSSR count). The van der Waals surface area contributed by atoms with Crippen LogP contribution in [0, 0.1) is 0 Å². The van der Waals surface area contributed by atoms with E-state index < -0.39 is 6.10 Å². The van der Waals surface area contributed by atoms with Crippen LogP contribution in [0.3, 0.4) is 0 Å². The number of rotatable bonds is 3. The van der Waals surface area contributed by atoms with Crippen molar-refractivity contribution in [1.82, 2.24) is 9.80 Å². The summed E-state index contributed by atoms with van der Waals surface area (Å²) in [6.45, 7) is 5.44. The number of nitrogens with zero attached hydrogens (tertiary/aromatic N) is 2. The Morgan fingerprint density at radius 3 is 2.15 bits per heavy atom. The summed E-state index contributed by atoms with van der Waals surface area (Å²) in [5.74, 6) is -0.296. The second-order valence-corrected chi connectivity index (χ2v) is 5.88. The van der Waals surface area contributed by atoms with E-state index >= 15 is 0 Å². The molecular formula is C14H20N2O3S. The molecule has 1 aliphatic rings. The molecule has 2 amide bonds. The molecule has 110 valence electrons. The van der Waals surface area contributed by atoms with Gasteiger partial charge in [0.15, 0.2) is 0 Å². The normalized spacial score (nSPS) is 18.8. The van der Waals surface area contributed by atoms with E-state index in [9.17, 15) is 14.7 Å². The van der Waals surface area contributed by atoms with Crippen LogP contribution in [0.25, 0.3) is 0 Å². The van der Waals surface area contributed by atoms with Crippen LogP contribution in [-0.4, -0.2) is 59.0 Å². The molecule has 0 spiro atoms. The maximum atomic E-state index is 12.4. The van der Waals surface area contributed by atoms with Gasteiger partial charge in [0, 0.05) is 26.2 Å². The Bertz CT molecular complexity index is 465. The highest BCUT2D eigenvalue weighted by molar-refractivity contribution is 7.08. The molecule has 1 fully saturated rings. The number of carbonyl (C=O) groups is 2. The number of amides is 2.